The number of carbonyl (C=O) groups excluding carboxylic acids is 4. The van der Waals surface area contributed by atoms with Gasteiger partial charge in [0.15, 0.2) is 0 Å². The van der Waals surface area contributed by atoms with Crippen molar-refractivity contribution in [2.24, 2.45) is 0 Å². The Labute approximate surface area is 875 Å². The molecule has 0 heterocycles. The molecule has 38 heteroatoms. The molecule has 0 aliphatic rings. The summed E-state index contributed by atoms with van der Waals surface area (Å²) < 4.78 is 70.7. The van der Waals surface area contributed by atoms with E-state index < -0.39 is 0 Å². The number of hydrogen-bond donors (Lipinski definition) is 16. The molecule has 0 spiro atoms. The minimum atomic E-state index is 0.0335. The van der Waals surface area contributed by atoms with Crippen LogP contribution in [0.15, 0.2) is 0 Å². The summed E-state index contributed by atoms with van der Waals surface area (Å²) >= 11 is 8.66. The zero-order chi connectivity index (χ0) is 102. The van der Waals surface area contributed by atoms with Crippen LogP contribution in [0.25, 0.3) is 0 Å². The summed E-state index contributed by atoms with van der Waals surface area (Å²) in [5.74, 6) is 0.322. The number of hydrogen-bond acceptors (Lipinski definition) is 28. The average molecular weight is 2920 g/mol. The second-order valence-corrected chi connectivity index (χ2v) is 36.5. The van der Waals surface area contributed by atoms with Crippen molar-refractivity contribution in [3.05, 3.63) is 0 Å². The molecule has 0 fully saturated rings. The van der Waals surface area contributed by atoms with Crippen molar-refractivity contribution >= 4 is 48.5 Å². The van der Waals surface area contributed by atoms with Crippen molar-refractivity contribution < 1.29 is 192 Å². The Bertz CT molecular complexity index is 2210. The van der Waals surface area contributed by atoms with Gasteiger partial charge in [0.25, 0.3) is 0 Å². The van der Waals surface area contributed by atoms with Crippen LogP contribution in [0.1, 0.15) is 295 Å². The molecule has 0 rings (SSSR count). The number of carbonyl (C=O) groups is 4. The van der Waals surface area contributed by atoms with E-state index in [0.29, 0.717) is 71.7 Å². The van der Waals surface area contributed by atoms with E-state index in [9.17, 15) is 19.2 Å². The topological polar surface area (TPSA) is 372 Å². The normalized spacial score (nSPS) is 9.94. The molecule has 0 radical (unpaired) electrons. The van der Waals surface area contributed by atoms with E-state index >= 15 is 0 Å². The molecule has 0 aromatic heterocycles. The van der Waals surface area contributed by atoms with Crippen molar-refractivity contribution in [3.63, 3.8) is 0 Å². The van der Waals surface area contributed by atoms with Crippen LogP contribution in [0.2, 0.25) is 0 Å². The van der Waals surface area contributed by atoms with E-state index in [1.54, 1.807) is 0 Å². The van der Waals surface area contributed by atoms with E-state index in [1.807, 2.05) is 41.5 Å². The Morgan fingerprint density at radius 1 is 0.167 bits per heavy atom. The van der Waals surface area contributed by atoms with Crippen LogP contribution in [-0.4, -0.2) is 312 Å². The van der Waals surface area contributed by atoms with E-state index in [4.69, 9.17) is 56.8 Å². The predicted molar refractivity (Wildman–Crippen MR) is 536 cm³/mol. The molecule has 0 unspecified atom stereocenters. The fourth-order valence-corrected chi connectivity index (χ4v) is 13.0. The van der Waals surface area contributed by atoms with Crippen molar-refractivity contribution in [2.75, 3.05) is 263 Å². The van der Waals surface area contributed by atoms with Crippen LogP contribution in [-0.2, 0) is 192 Å². The fourth-order valence-electron chi connectivity index (χ4n) is 7.82. The molecule has 0 aromatic carbocycles. The van der Waals surface area contributed by atoms with Gasteiger partial charge in [-0.05, 0) is 52.4 Å². The number of unbranched alkanes of at least 4 members (excludes halogenated alkanes) is 2. The Balaban J connectivity index is -0.000000121. The Hall–Kier alpha value is 0.270. The average Bonchev–Trinajstić information content (AvgIpc) is 0.862. The van der Waals surface area contributed by atoms with Crippen LogP contribution in [0, 0.1) is 0 Å². The van der Waals surface area contributed by atoms with Crippen molar-refractivity contribution in [1.29, 1.82) is 0 Å². The summed E-state index contributed by atoms with van der Waals surface area (Å²) in [6, 6.07) is 0. The third kappa shape index (κ3) is 193. The third-order valence-corrected chi connectivity index (χ3v) is 20.2. The summed E-state index contributed by atoms with van der Waals surface area (Å²) in [6.07, 6.45) is 19.8. The number of amides is 4. The van der Waals surface area contributed by atoms with Crippen molar-refractivity contribution in [3.8, 4) is 0 Å². The van der Waals surface area contributed by atoms with Gasteiger partial charge in [-0.15, -0.1) is 0 Å². The predicted octanol–water partition coefficient (Wildman–Crippen LogP) is 9.66. The summed E-state index contributed by atoms with van der Waals surface area (Å²) in [7, 11) is 0. The van der Waals surface area contributed by atoms with Crippen LogP contribution in [0.5, 0.6) is 0 Å². The number of ether oxygens (including phenoxy) is 12. The summed E-state index contributed by atoms with van der Waals surface area (Å²) in [5.41, 5.74) is 0. The van der Waals surface area contributed by atoms with E-state index in [-0.39, 0.29) is 23.6 Å². The van der Waals surface area contributed by atoms with Gasteiger partial charge in [0.05, 0.1) is 26.4 Å². The van der Waals surface area contributed by atoms with Gasteiger partial charge in [-0.3, -0.25) is 19.2 Å². The number of rotatable bonds is 82. The first-order chi connectivity index (χ1) is 63.9. The SMILES string of the molecule is CCC.CCCCOCCN[C](=[W])NCC.CCCCOCCN[C](=[W])NCCOCCC.CCCOCCC.CCCOCCC(=O)NCC.CCCOCCNC(=O)CC.CCCOCCNC(=O)CCOCCC.CCCOCCN[C](=[W])NCC.CCCOCCN[C](=[W])NCC.CCCOCCN[C](=[W])NCCOCCC.CCNC(=O)CC.CCN[C](=[W])NCC. The molecule has 32 nitrogen and oxygen atoms in total. The second-order valence-electron chi connectivity index (χ2n) is 27.7. The van der Waals surface area contributed by atoms with E-state index in [0.717, 1.165) is 294 Å². The van der Waals surface area contributed by atoms with Gasteiger partial charge in [0, 0.05) is 91.5 Å². The molecule has 4 amide bonds. The molecular weight excluding hydrogens is 2710 g/mol. The van der Waals surface area contributed by atoms with Gasteiger partial charge in [-0.1, -0.05) is 75.7 Å². The first kappa shape index (κ1) is 158. The summed E-state index contributed by atoms with van der Waals surface area (Å²) in [6.45, 7) is 82.3. The molecular formula is C94H208N16O16W6. The van der Waals surface area contributed by atoms with Gasteiger partial charge >= 0.3 is 550 Å². The van der Waals surface area contributed by atoms with Gasteiger partial charge in [-0.2, -0.15) is 0 Å². The van der Waals surface area contributed by atoms with E-state index in [1.165, 1.54) is 167 Å². The quantitative estimate of drug-likeness (QED) is 0.0252. The monoisotopic (exact) mass is 2920 g/mol. The molecule has 0 bridgehead atoms. The molecule has 0 saturated carbocycles. The van der Waals surface area contributed by atoms with Gasteiger partial charge in [0.2, 0.25) is 23.6 Å². The second kappa shape index (κ2) is 159. The zero-order valence-electron chi connectivity index (χ0n) is 88.4. The molecule has 16 N–H and O–H groups in total. The van der Waals surface area contributed by atoms with Gasteiger partial charge in [0.1, 0.15) is 0 Å². The number of nitrogens with one attached hydrogen (secondary N) is 16. The maximum absolute atomic E-state index is 11.2. The maximum atomic E-state index is 11.2. The molecule has 0 aliphatic heterocycles. The van der Waals surface area contributed by atoms with Crippen LogP contribution >= 0.6 is 0 Å². The van der Waals surface area contributed by atoms with Crippen molar-refractivity contribution in [2.45, 2.75) is 295 Å². The van der Waals surface area contributed by atoms with Crippen LogP contribution < -0.4 is 85.1 Å². The van der Waals surface area contributed by atoms with Crippen LogP contribution in [0.3, 0.4) is 0 Å². The first-order valence-corrected chi connectivity index (χ1v) is 58.8. The van der Waals surface area contributed by atoms with Gasteiger partial charge in [-0.25, -0.2) is 0 Å². The summed E-state index contributed by atoms with van der Waals surface area (Å²) in [4.78, 5) is 43.0. The molecule has 0 aliphatic carbocycles. The Morgan fingerprint density at radius 3 is 0.492 bits per heavy atom. The van der Waals surface area contributed by atoms with E-state index in [2.05, 4.69) is 210 Å². The van der Waals surface area contributed by atoms with Crippen molar-refractivity contribution in [1.82, 2.24) is 85.1 Å². The first-order valence-electron chi connectivity index (χ1n) is 50.0. The Morgan fingerprint density at radius 2 is 0.311 bits per heavy atom. The zero-order valence-corrected chi connectivity index (χ0v) is 106. The molecule has 796 valence electrons. The molecule has 132 heavy (non-hydrogen) atoms. The standard InChI is InChI=1S/C12H26N2O2.C11H24N2O2.C11H23NO3.C9H20N2O.2C8H18N2O.2C8H17NO2.C6H14O.C5H12N2.C5H11NO.C3H8.6W/c1-3-5-9-16-11-7-14-12-13-6-10-15-8-4-2;1-3-7-14-9-5-12-11-13-6-10-15-8-4-2;1-3-7-14-9-5-11(13)12-6-10-15-8-4-2;1-3-5-7-12-8-6-11-9-10-4-2;2*1-3-6-11-7-5-10-8-9-4-2;1-3-6-11-7-5-8(10)9-4-2;1-3-6-11-7-5-9-8(10)4-2;1-3-5-7-6-4-2;1-3-6-5-7-4-2;1-3-5(7)6-4-2;1-3-2;;;;;;/h13-14H,3-11H2,1-2H3;12-13H,3-10H2,1-2H3;3-10H2,1-2H3,(H,12,13);10-11H,3-8H2,1-2H3;2*9-10H,3-7H2,1-2H3;2*3-7H2,1-2H3,(H,9,10);3-6H2,1-2H3;6-7H,3-4H2,1-2H3;3-4H2,1-2H3,(H,6,7);3H2,1-2H3;;;;;;. The molecule has 0 aromatic rings. The molecule has 0 atom stereocenters. The van der Waals surface area contributed by atoms with Crippen LogP contribution in [0.4, 0.5) is 0 Å². The fraction of sp³-hybridized carbons (Fsp3) is 0.894. The minimum absolute atomic E-state index is 0.0335. The third-order valence-electron chi connectivity index (χ3n) is 14.0. The summed E-state index contributed by atoms with van der Waals surface area (Å²) in [5, 5.41) is 49.9. The Kier molecular flexibility index (Phi) is 190. The van der Waals surface area contributed by atoms with Gasteiger partial charge < -0.3 is 45.0 Å². The molecule has 0 saturated heterocycles.